The SMILES string of the molecule is [O-]c1c(/C=N\Nc2nn[nH]n2)ccc(O)c1O. The highest BCUT2D eigenvalue weighted by molar-refractivity contribution is 5.85. The van der Waals surface area contributed by atoms with Crippen LogP contribution in [0.3, 0.4) is 0 Å². The second kappa shape index (κ2) is 4.35. The second-order valence-corrected chi connectivity index (χ2v) is 2.96. The molecule has 9 nitrogen and oxygen atoms in total. The summed E-state index contributed by atoms with van der Waals surface area (Å²) in [4.78, 5) is 0. The van der Waals surface area contributed by atoms with Crippen molar-refractivity contribution < 1.29 is 15.3 Å². The molecule has 0 atom stereocenters. The van der Waals surface area contributed by atoms with E-state index in [9.17, 15) is 10.2 Å². The van der Waals surface area contributed by atoms with Gasteiger partial charge in [0, 0.05) is 0 Å². The Morgan fingerprint density at radius 2 is 2.24 bits per heavy atom. The van der Waals surface area contributed by atoms with Gasteiger partial charge in [0.1, 0.15) is 5.75 Å². The minimum absolute atomic E-state index is 0.108. The van der Waals surface area contributed by atoms with Crippen molar-refractivity contribution in [3.05, 3.63) is 17.7 Å². The lowest BCUT2D eigenvalue weighted by Gasteiger charge is -2.12. The molecule has 9 heteroatoms. The molecule has 0 bridgehead atoms. The van der Waals surface area contributed by atoms with E-state index in [4.69, 9.17) is 5.11 Å². The molecule has 88 valence electrons. The average Bonchev–Trinajstić information content (AvgIpc) is 2.82. The first-order valence-corrected chi connectivity index (χ1v) is 4.43. The summed E-state index contributed by atoms with van der Waals surface area (Å²) in [6, 6.07) is 2.51. The van der Waals surface area contributed by atoms with Gasteiger partial charge in [0.2, 0.25) is 0 Å². The van der Waals surface area contributed by atoms with Gasteiger partial charge in [0.15, 0.2) is 5.75 Å². The number of nitrogens with zero attached hydrogens (tertiary/aromatic N) is 4. The summed E-state index contributed by atoms with van der Waals surface area (Å²) >= 11 is 0. The van der Waals surface area contributed by atoms with Crippen LogP contribution >= 0.6 is 0 Å². The zero-order chi connectivity index (χ0) is 12.3. The lowest BCUT2D eigenvalue weighted by atomic mass is 10.2. The summed E-state index contributed by atoms with van der Waals surface area (Å²) in [5.74, 6) is -1.77. The van der Waals surface area contributed by atoms with E-state index in [2.05, 4.69) is 31.2 Å². The maximum Gasteiger partial charge on any atom is 0.283 e. The Bertz CT molecular complexity index is 538. The zero-order valence-corrected chi connectivity index (χ0v) is 8.32. The first kappa shape index (κ1) is 10.7. The lowest BCUT2D eigenvalue weighted by molar-refractivity contribution is -0.270. The fourth-order valence-electron chi connectivity index (χ4n) is 1.05. The number of hydrogen-bond acceptors (Lipinski definition) is 8. The number of hydrazone groups is 1. The maximum atomic E-state index is 11.4. The normalized spacial score (nSPS) is 10.8. The topological polar surface area (TPSA) is 142 Å². The summed E-state index contributed by atoms with van der Waals surface area (Å²) < 4.78 is 0. The van der Waals surface area contributed by atoms with Crippen molar-refractivity contribution in [2.75, 3.05) is 5.43 Å². The Balaban J connectivity index is 2.14. The number of benzene rings is 1. The number of nitrogens with one attached hydrogen (secondary N) is 2. The van der Waals surface area contributed by atoms with Crippen LogP contribution in [-0.2, 0) is 0 Å². The minimum Gasteiger partial charge on any atom is -0.869 e. The fraction of sp³-hybridized carbons (Fsp3) is 0. The molecular weight excluding hydrogens is 228 g/mol. The molecule has 0 radical (unpaired) electrons. The number of rotatable bonds is 3. The van der Waals surface area contributed by atoms with E-state index < -0.39 is 17.2 Å². The van der Waals surface area contributed by atoms with Gasteiger partial charge >= 0.3 is 0 Å². The van der Waals surface area contributed by atoms with E-state index in [1.807, 2.05) is 0 Å². The summed E-state index contributed by atoms with van der Waals surface area (Å²) in [5, 5.41) is 45.9. The van der Waals surface area contributed by atoms with Gasteiger partial charge in [-0.1, -0.05) is 16.9 Å². The van der Waals surface area contributed by atoms with Crippen LogP contribution in [0.15, 0.2) is 17.2 Å². The van der Waals surface area contributed by atoms with Crippen LogP contribution in [-0.4, -0.2) is 37.1 Å². The van der Waals surface area contributed by atoms with E-state index in [0.717, 1.165) is 6.21 Å². The lowest BCUT2D eigenvalue weighted by Crippen LogP contribution is -1.98. The highest BCUT2D eigenvalue weighted by Gasteiger charge is 2.02. The molecule has 0 aliphatic carbocycles. The van der Waals surface area contributed by atoms with Crippen LogP contribution in [0.4, 0.5) is 5.95 Å². The van der Waals surface area contributed by atoms with E-state index in [1.165, 1.54) is 12.1 Å². The van der Waals surface area contributed by atoms with Gasteiger partial charge in [-0.05, 0) is 16.8 Å². The number of anilines is 1. The van der Waals surface area contributed by atoms with Crippen molar-refractivity contribution in [1.82, 2.24) is 20.6 Å². The molecule has 0 saturated carbocycles. The first-order chi connectivity index (χ1) is 8.18. The van der Waals surface area contributed by atoms with E-state index in [-0.39, 0.29) is 11.5 Å². The number of phenolic OH excluding ortho intramolecular Hbond substituents is 2. The van der Waals surface area contributed by atoms with Gasteiger partial charge in [-0.25, -0.2) is 5.43 Å². The van der Waals surface area contributed by atoms with Gasteiger partial charge in [-0.15, -0.1) is 5.10 Å². The van der Waals surface area contributed by atoms with Crippen LogP contribution in [0, 0.1) is 0 Å². The quantitative estimate of drug-likeness (QED) is 0.307. The van der Waals surface area contributed by atoms with Crippen molar-refractivity contribution in [3.8, 4) is 17.2 Å². The van der Waals surface area contributed by atoms with Crippen molar-refractivity contribution in [2.24, 2.45) is 5.10 Å². The standard InChI is InChI=1S/C8H8N6O3/c15-5-2-1-4(6(16)7(5)17)3-9-10-8-11-13-14-12-8/h1-3,15-17H,(H2,10,11,12,13,14)/p-1/b9-3-. The van der Waals surface area contributed by atoms with E-state index in [0.29, 0.717) is 0 Å². The minimum atomic E-state index is -0.719. The molecule has 1 aromatic heterocycles. The summed E-state index contributed by atoms with van der Waals surface area (Å²) in [6.45, 7) is 0. The Morgan fingerprint density at radius 3 is 2.94 bits per heavy atom. The summed E-state index contributed by atoms with van der Waals surface area (Å²) in [6.07, 6.45) is 1.16. The molecule has 4 N–H and O–H groups in total. The van der Waals surface area contributed by atoms with Gasteiger partial charge in [0.05, 0.1) is 6.21 Å². The largest absolute Gasteiger partial charge is 0.869 e. The Morgan fingerprint density at radius 1 is 1.41 bits per heavy atom. The molecule has 1 aromatic carbocycles. The highest BCUT2D eigenvalue weighted by atomic mass is 16.3. The van der Waals surface area contributed by atoms with Gasteiger partial charge in [-0.2, -0.15) is 10.3 Å². The molecular formula is C8H7N6O3-. The number of H-pyrrole nitrogens is 1. The molecule has 2 rings (SSSR count). The summed E-state index contributed by atoms with van der Waals surface area (Å²) in [7, 11) is 0. The fourth-order valence-corrected chi connectivity index (χ4v) is 1.05. The van der Waals surface area contributed by atoms with Crippen LogP contribution in [0.2, 0.25) is 0 Å². The van der Waals surface area contributed by atoms with Gasteiger partial charge in [0.25, 0.3) is 5.95 Å². The number of aromatic hydroxyl groups is 2. The van der Waals surface area contributed by atoms with Crippen LogP contribution in [0.1, 0.15) is 5.56 Å². The number of phenols is 2. The Hall–Kier alpha value is -2.84. The molecule has 0 fully saturated rings. The molecule has 0 unspecified atom stereocenters. The van der Waals surface area contributed by atoms with Crippen LogP contribution in [0.25, 0.3) is 0 Å². The van der Waals surface area contributed by atoms with Crippen molar-refractivity contribution >= 4 is 12.2 Å². The first-order valence-electron chi connectivity index (χ1n) is 4.43. The number of aromatic nitrogens is 4. The molecule has 0 amide bonds. The van der Waals surface area contributed by atoms with Crippen LogP contribution in [0.5, 0.6) is 17.2 Å². The van der Waals surface area contributed by atoms with Crippen molar-refractivity contribution in [2.45, 2.75) is 0 Å². The number of hydrogen-bond donors (Lipinski definition) is 4. The zero-order valence-electron chi connectivity index (χ0n) is 8.32. The summed E-state index contributed by atoms with van der Waals surface area (Å²) in [5.41, 5.74) is 2.51. The van der Waals surface area contributed by atoms with Crippen LogP contribution < -0.4 is 10.5 Å². The number of tetrazole rings is 1. The molecule has 0 aliphatic heterocycles. The second-order valence-electron chi connectivity index (χ2n) is 2.96. The predicted molar refractivity (Wildman–Crippen MR) is 54.6 cm³/mol. The molecule has 17 heavy (non-hydrogen) atoms. The highest BCUT2D eigenvalue weighted by Crippen LogP contribution is 2.33. The molecule has 2 aromatic rings. The van der Waals surface area contributed by atoms with Gasteiger partial charge in [-0.3, -0.25) is 0 Å². The third-order valence-electron chi connectivity index (χ3n) is 1.85. The van der Waals surface area contributed by atoms with E-state index in [1.54, 1.807) is 0 Å². The Kier molecular flexibility index (Phi) is 2.73. The van der Waals surface area contributed by atoms with Crippen molar-refractivity contribution in [1.29, 1.82) is 0 Å². The van der Waals surface area contributed by atoms with E-state index >= 15 is 0 Å². The number of aromatic amines is 1. The molecule has 0 spiro atoms. The average molecular weight is 235 g/mol. The third-order valence-corrected chi connectivity index (χ3v) is 1.85. The molecule has 0 aliphatic rings. The molecule has 0 saturated heterocycles. The smallest absolute Gasteiger partial charge is 0.283 e. The third kappa shape index (κ3) is 2.22. The monoisotopic (exact) mass is 235 g/mol. The molecule has 1 heterocycles. The van der Waals surface area contributed by atoms with Crippen molar-refractivity contribution in [3.63, 3.8) is 0 Å². The predicted octanol–water partition coefficient (Wildman–Crippen LogP) is -0.870. The van der Waals surface area contributed by atoms with Gasteiger partial charge < -0.3 is 15.3 Å². The Labute approximate surface area is 94.4 Å². The maximum absolute atomic E-state index is 11.4.